The number of hydrogen-bond acceptors (Lipinski definition) is 4. The Labute approximate surface area is 196 Å². The first-order valence-corrected chi connectivity index (χ1v) is 11.5. The predicted octanol–water partition coefficient (Wildman–Crippen LogP) is 6.32. The van der Waals surface area contributed by atoms with Gasteiger partial charge in [-0.1, -0.05) is 71.4 Å². The molecule has 1 aromatic heterocycles. The molecule has 1 unspecified atom stereocenters. The van der Waals surface area contributed by atoms with Gasteiger partial charge < -0.3 is 5.32 Å². The van der Waals surface area contributed by atoms with Crippen LogP contribution in [0.5, 0.6) is 0 Å². The molecule has 1 heterocycles. The van der Waals surface area contributed by atoms with Crippen LogP contribution >= 0.6 is 23.4 Å². The van der Waals surface area contributed by atoms with Crippen molar-refractivity contribution in [3.63, 3.8) is 0 Å². The first kappa shape index (κ1) is 22.1. The van der Waals surface area contributed by atoms with Gasteiger partial charge in [-0.2, -0.15) is 0 Å². The Morgan fingerprint density at radius 1 is 1.00 bits per heavy atom. The lowest BCUT2D eigenvalue weighted by Crippen LogP contribution is -2.22. The summed E-state index contributed by atoms with van der Waals surface area (Å²) in [6.07, 6.45) is 0. The van der Waals surface area contributed by atoms with E-state index in [1.807, 2.05) is 98.1 Å². The summed E-state index contributed by atoms with van der Waals surface area (Å²) in [6, 6.07) is 23.4. The standard InChI is InChI=1S/C25H23ClN4OS/c1-16-9-13-20(14-10-16)27-24(31)18(3)32-25-29-28-23(19-12-11-17(2)22(26)15-19)30(25)21-7-5-4-6-8-21/h4-15,18H,1-3H3,(H,27,31). The maximum absolute atomic E-state index is 12.8. The summed E-state index contributed by atoms with van der Waals surface area (Å²) in [4.78, 5) is 12.8. The molecule has 0 saturated heterocycles. The van der Waals surface area contributed by atoms with Gasteiger partial charge in [0.15, 0.2) is 11.0 Å². The highest BCUT2D eigenvalue weighted by Gasteiger charge is 2.22. The van der Waals surface area contributed by atoms with E-state index in [2.05, 4.69) is 15.5 Å². The summed E-state index contributed by atoms with van der Waals surface area (Å²) >= 11 is 7.73. The van der Waals surface area contributed by atoms with Gasteiger partial charge in [-0.3, -0.25) is 9.36 Å². The van der Waals surface area contributed by atoms with Crippen molar-refractivity contribution in [3.05, 3.63) is 88.9 Å². The van der Waals surface area contributed by atoms with Gasteiger partial charge in [0.25, 0.3) is 0 Å². The largest absolute Gasteiger partial charge is 0.325 e. The Morgan fingerprint density at radius 3 is 2.41 bits per heavy atom. The molecule has 4 rings (SSSR count). The zero-order valence-corrected chi connectivity index (χ0v) is 19.6. The van der Waals surface area contributed by atoms with E-state index in [0.717, 1.165) is 28.1 Å². The van der Waals surface area contributed by atoms with Gasteiger partial charge in [0, 0.05) is 22.0 Å². The van der Waals surface area contributed by atoms with Crippen molar-refractivity contribution >= 4 is 35.0 Å². The molecular weight excluding hydrogens is 440 g/mol. The van der Waals surface area contributed by atoms with Gasteiger partial charge in [-0.15, -0.1) is 10.2 Å². The smallest absolute Gasteiger partial charge is 0.237 e. The molecule has 0 aliphatic carbocycles. The lowest BCUT2D eigenvalue weighted by atomic mass is 10.1. The Kier molecular flexibility index (Phi) is 6.63. The van der Waals surface area contributed by atoms with E-state index in [1.165, 1.54) is 11.8 Å². The fourth-order valence-electron chi connectivity index (χ4n) is 3.17. The number of amides is 1. The Morgan fingerprint density at radius 2 is 1.72 bits per heavy atom. The first-order chi connectivity index (χ1) is 15.4. The molecule has 5 nitrogen and oxygen atoms in total. The van der Waals surface area contributed by atoms with Crippen LogP contribution in [-0.2, 0) is 4.79 Å². The Bertz CT molecular complexity index is 1240. The highest BCUT2D eigenvalue weighted by molar-refractivity contribution is 8.00. The van der Waals surface area contributed by atoms with Crippen LogP contribution in [-0.4, -0.2) is 25.9 Å². The van der Waals surface area contributed by atoms with E-state index in [4.69, 9.17) is 11.6 Å². The fourth-order valence-corrected chi connectivity index (χ4v) is 4.22. The second-order valence-electron chi connectivity index (χ2n) is 7.56. The number of carbonyl (C=O) groups excluding carboxylic acids is 1. The van der Waals surface area contributed by atoms with Gasteiger partial charge in [-0.25, -0.2) is 0 Å². The van der Waals surface area contributed by atoms with Crippen molar-refractivity contribution in [2.24, 2.45) is 0 Å². The van der Waals surface area contributed by atoms with Crippen LogP contribution in [0.3, 0.4) is 0 Å². The SMILES string of the molecule is Cc1ccc(NC(=O)C(C)Sc2nnc(-c3ccc(C)c(Cl)c3)n2-c2ccccc2)cc1. The van der Waals surface area contributed by atoms with Crippen LogP contribution in [0.25, 0.3) is 17.1 Å². The lowest BCUT2D eigenvalue weighted by Gasteiger charge is -2.14. The molecule has 1 atom stereocenters. The molecule has 0 bridgehead atoms. The third-order valence-corrected chi connectivity index (χ3v) is 6.50. The van der Waals surface area contributed by atoms with E-state index in [0.29, 0.717) is 16.0 Å². The summed E-state index contributed by atoms with van der Waals surface area (Å²) in [5, 5.41) is 12.7. The van der Waals surface area contributed by atoms with Gasteiger partial charge in [-0.05, 0) is 56.7 Å². The van der Waals surface area contributed by atoms with Crippen molar-refractivity contribution in [1.82, 2.24) is 14.8 Å². The predicted molar refractivity (Wildman–Crippen MR) is 132 cm³/mol. The number of para-hydroxylation sites is 1. The van der Waals surface area contributed by atoms with E-state index in [-0.39, 0.29) is 11.2 Å². The van der Waals surface area contributed by atoms with Crippen LogP contribution in [0.2, 0.25) is 5.02 Å². The van der Waals surface area contributed by atoms with Crippen molar-refractivity contribution < 1.29 is 4.79 Å². The van der Waals surface area contributed by atoms with Gasteiger partial charge >= 0.3 is 0 Å². The summed E-state index contributed by atoms with van der Waals surface area (Å²) in [6.45, 7) is 5.84. The summed E-state index contributed by atoms with van der Waals surface area (Å²) in [5.74, 6) is 0.577. The van der Waals surface area contributed by atoms with Crippen LogP contribution in [0.15, 0.2) is 78.0 Å². The van der Waals surface area contributed by atoms with Crippen molar-refractivity contribution in [1.29, 1.82) is 0 Å². The van der Waals surface area contributed by atoms with Crippen molar-refractivity contribution in [2.75, 3.05) is 5.32 Å². The summed E-state index contributed by atoms with van der Waals surface area (Å²) < 4.78 is 1.96. The van der Waals surface area contributed by atoms with Crippen molar-refractivity contribution in [2.45, 2.75) is 31.2 Å². The number of nitrogens with zero attached hydrogens (tertiary/aromatic N) is 3. The van der Waals surface area contributed by atoms with Crippen molar-refractivity contribution in [3.8, 4) is 17.1 Å². The lowest BCUT2D eigenvalue weighted by molar-refractivity contribution is -0.115. The molecule has 4 aromatic rings. The number of thioether (sulfide) groups is 1. The highest BCUT2D eigenvalue weighted by atomic mass is 35.5. The van der Waals surface area contributed by atoms with E-state index in [1.54, 1.807) is 0 Å². The third kappa shape index (κ3) is 4.87. The number of nitrogens with one attached hydrogen (secondary N) is 1. The van der Waals surface area contributed by atoms with Gasteiger partial charge in [0.2, 0.25) is 5.91 Å². The Balaban J connectivity index is 1.64. The number of carbonyl (C=O) groups is 1. The zero-order valence-electron chi connectivity index (χ0n) is 18.0. The first-order valence-electron chi connectivity index (χ1n) is 10.2. The molecule has 0 aliphatic heterocycles. The molecule has 0 fully saturated rings. The molecule has 32 heavy (non-hydrogen) atoms. The van der Waals surface area contributed by atoms with Gasteiger partial charge in [0.1, 0.15) is 0 Å². The molecular formula is C25H23ClN4OS. The summed E-state index contributed by atoms with van der Waals surface area (Å²) in [5.41, 5.74) is 4.69. The number of benzene rings is 3. The van der Waals surface area contributed by atoms with Crippen LogP contribution in [0.1, 0.15) is 18.1 Å². The maximum atomic E-state index is 12.8. The average Bonchev–Trinajstić information content (AvgIpc) is 3.21. The minimum absolute atomic E-state index is 0.0959. The number of anilines is 1. The number of aryl methyl sites for hydroxylation is 2. The van der Waals surface area contributed by atoms with Gasteiger partial charge in [0.05, 0.1) is 5.25 Å². The van der Waals surface area contributed by atoms with E-state index < -0.39 is 0 Å². The monoisotopic (exact) mass is 462 g/mol. The molecule has 1 amide bonds. The third-order valence-electron chi connectivity index (χ3n) is 5.05. The quantitative estimate of drug-likeness (QED) is 0.340. The second kappa shape index (κ2) is 9.59. The van der Waals surface area contributed by atoms with E-state index in [9.17, 15) is 4.79 Å². The zero-order chi connectivity index (χ0) is 22.7. The fraction of sp³-hybridized carbons (Fsp3) is 0.160. The molecule has 7 heteroatoms. The maximum Gasteiger partial charge on any atom is 0.237 e. The number of rotatable bonds is 6. The minimum Gasteiger partial charge on any atom is -0.325 e. The molecule has 0 aliphatic rings. The molecule has 0 saturated carbocycles. The second-order valence-corrected chi connectivity index (χ2v) is 9.27. The molecule has 1 N–H and O–H groups in total. The average molecular weight is 463 g/mol. The molecule has 0 radical (unpaired) electrons. The number of halogens is 1. The molecule has 0 spiro atoms. The molecule has 162 valence electrons. The highest BCUT2D eigenvalue weighted by Crippen LogP contribution is 2.32. The van der Waals surface area contributed by atoms with Crippen LogP contribution < -0.4 is 5.32 Å². The minimum atomic E-state index is -0.377. The van der Waals surface area contributed by atoms with E-state index >= 15 is 0 Å². The molecule has 3 aromatic carbocycles. The van der Waals surface area contributed by atoms with Crippen LogP contribution in [0.4, 0.5) is 5.69 Å². The number of aromatic nitrogens is 3. The topological polar surface area (TPSA) is 59.8 Å². The normalized spacial score (nSPS) is 11.9. The Hall–Kier alpha value is -3.09. The summed E-state index contributed by atoms with van der Waals surface area (Å²) in [7, 11) is 0. The van der Waals surface area contributed by atoms with Crippen LogP contribution in [0, 0.1) is 13.8 Å². The number of hydrogen-bond donors (Lipinski definition) is 1.